The average Bonchev–Trinajstić information content (AvgIpc) is 2.66. The summed E-state index contributed by atoms with van der Waals surface area (Å²) >= 11 is 0. The van der Waals surface area contributed by atoms with Crippen molar-refractivity contribution in [3.05, 3.63) is 49.1 Å². The van der Waals surface area contributed by atoms with Gasteiger partial charge < -0.3 is 9.51 Å². The van der Waals surface area contributed by atoms with E-state index in [2.05, 4.69) is 11.6 Å². The lowest BCUT2D eigenvalue weighted by Gasteiger charge is -2.09. The molecule has 1 N–H and O–H groups in total. The largest absolute Gasteiger partial charge is 0.481 e. The van der Waals surface area contributed by atoms with E-state index in [0.29, 0.717) is 5.69 Å². The zero-order valence-corrected chi connectivity index (χ0v) is 8.00. The molecule has 0 aliphatic carbocycles. The van der Waals surface area contributed by atoms with Gasteiger partial charge in [-0.1, -0.05) is 12.1 Å². The Balaban J connectivity index is 2.63. The summed E-state index contributed by atoms with van der Waals surface area (Å²) in [6.07, 6.45) is 4.70. The molecule has 0 amide bonds. The summed E-state index contributed by atoms with van der Waals surface area (Å²) in [6.45, 7) is 3.54. The van der Waals surface area contributed by atoms with Crippen LogP contribution in [0.5, 0.6) is 0 Å². The van der Waals surface area contributed by atoms with Crippen LogP contribution in [0, 0.1) is 0 Å². The Bertz CT molecular complexity index is 516. The van der Waals surface area contributed by atoms with E-state index in [1.165, 1.54) is 6.08 Å². The zero-order valence-electron chi connectivity index (χ0n) is 8.00. The van der Waals surface area contributed by atoms with E-state index >= 15 is 0 Å². The fourth-order valence-corrected chi connectivity index (χ4v) is 1.57. The number of aliphatic carboxylic acids is 1. The van der Waals surface area contributed by atoms with Gasteiger partial charge in [-0.25, -0.2) is 4.98 Å². The number of rotatable bonds is 3. The predicted molar refractivity (Wildman–Crippen MR) is 55.8 cm³/mol. The first-order valence-corrected chi connectivity index (χ1v) is 4.50. The lowest BCUT2D eigenvalue weighted by molar-refractivity contribution is -0.137. The van der Waals surface area contributed by atoms with E-state index in [1.807, 2.05) is 12.1 Å². The molecule has 15 heavy (non-hydrogen) atoms. The van der Waals surface area contributed by atoms with Gasteiger partial charge in [0.1, 0.15) is 5.92 Å². The van der Waals surface area contributed by atoms with Gasteiger partial charge in [-0.15, -0.1) is 6.58 Å². The number of carbonyl (C=O) groups is 1. The van der Waals surface area contributed by atoms with Crippen molar-refractivity contribution in [3.63, 3.8) is 0 Å². The van der Waals surface area contributed by atoms with Gasteiger partial charge in [-0.2, -0.15) is 0 Å². The van der Waals surface area contributed by atoms with E-state index in [9.17, 15) is 4.79 Å². The molecule has 2 aromatic rings. The van der Waals surface area contributed by atoms with Crippen molar-refractivity contribution in [1.29, 1.82) is 0 Å². The molecule has 2 heterocycles. The summed E-state index contributed by atoms with van der Waals surface area (Å²) in [5.74, 6) is -1.62. The monoisotopic (exact) mass is 202 g/mol. The minimum Gasteiger partial charge on any atom is -0.481 e. The minimum absolute atomic E-state index is 0.660. The molecular formula is C11H10N2O2. The zero-order chi connectivity index (χ0) is 10.8. The third-order valence-corrected chi connectivity index (χ3v) is 2.30. The van der Waals surface area contributed by atoms with Crippen molar-refractivity contribution in [3.8, 4) is 0 Å². The Hall–Kier alpha value is -2.10. The van der Waals surface area contributed by atoms with Gasteiger partial charge in [-0.3, -0.25) is 4.79 Å². The van der Waals surface area contributed by atoms with Crippen LogP contribution in [0.15, 0.2) is 43.4 Å². The first-order valence-electron chi connectivity index (χ1n) is 4.50. The Labute approximate surface area is 86.5 Å². The highest BCUT2D eigenvalue weighted by atomic mass is 16.4. The van der Waals surface area contributed by atoms with Crippen molar-refractivity contribution in [2.45, 2.75) is 5.92 Å². The summed E-state index contributed by atoms with van der Waals surface area (Å²) in [6, 6.07) is 5.44. The van der Waals surface area contributed by atoms with E-state index in [-0.39, 0.29) is 0 Å². The summed E-state index contributed by atoms with van der Waals surface area (Å²) in [5.41, 5.74) is 1.54. The van der Waals surface area contributed by atoms with Crippen LogP contribution in [0.4, 0.5) is 0 Å². The molecule has 0 fully saturated rings. The van der Waals surface area contributed by atoms with Crippen LogP contribution in [0.1, 0.15) is 11.6 Å². The molecule has 0 spiro atoms. The molecule has 4 nitrogen and oxygen atoms in total. The van der Waals surface area contributed by atoms with Gasteiger partial charge in [0.25, 0.3) is 0 Å². The number of carboxylic acid groups (broad SMARTS) is 1. The number of imidazole rings is 1. The molecular weight excluding hydrogens is 192 g/mol. The highest BCUT2D eigenvalue weighted by Gasteiger charge is 2.18. The molecule has 2 rings (SSSR count). The van der Waals surface area contributed by atoms with Crippen LogP contribution in [0.2, 0.25) is 0 Å². The number of aromatic nitrogens is 2. The Morgan fingerprint density at radius 1 is 1.60 bits per heavy atom. The number of hydrogen-bond donors (Lipinski definition) is 1. The molecule has 0 aromatic carbocycles. The van der Waals surface area contributed by atoms with Gasteiger partial charge in [0.2, 0.25) is 0 Å². The Kier molecular flexibility index (Phi) is 2.25. The normalized spacial score (nSPS) is 12.5. The lowest BCUT2D eigenvalue weighted by atomic mass is 10.1. The van der Waals surface area contributed by atoms with Gasteiger partial charge >= 0.3 is 5.97 Å². The molecule has 0 radical (unpaired) electrons. The van der Waals surface area contributed by atoms with Crippen LogP contribution in [0.3, 0.4) is 0 Å². The summed E-state index contributed by atoms with van der Waals surface area (Å²) < 4.78 is 1.75. The smallest absolute Gasteiger partial charge is 0.316 e. The molecule has 1 atom stereocenters. The van der Waals surface area contributed by atoms with Crippen molar-refractivity contribution in [1.82, 2.24) is 9.38 Å². The highest BCUT2D eigenvalue weighted by molar-refractivity contribution is 5.78. The minimum atomic E-state index is -0.911. The average molecular weight is 202 g/mol. The molecule has 0 aliphatic heterocycles. The number of pyridine rings is 1. The van der Waals surface area contributed by atoms with Crippen LogP contribution in [-0.2, 0) is 4.79 Å². The molecule has 0 aliphatic rings. The lowest BCUT2D eigenvalue weighted by Crippen LogP contribution is -2.12. The Morgan fingerprint density at radius 3 is 3.07 bits per heavy atom. The second kappa shape index (κ2) is 3.57. The van der Waals surface area contributed by atoms with Gasteiger partial charge in [0, 0.05) is 5.69 Å². The van der Waals surface area contributed by atoms with Crippen LogP contribution < -0.4 is 0 Å². The van der Waals surface area contributed by atoms with E-state index in [1.54, 1.807) is 23.0 Å². The number of nitrogens with zero attached hydrogens (tertiary/aromatic N) is 2. The fraction of sp³-hybridized carbons (Fsp3) is 0.0909. The maximum atomic E-state index is 11.0. The molecule has 2 aromatic heterocycles. The maximum absolute atomic E-state index is 11.0. The van der Waals surface area contributed by atoms with Crippen LogP contribution in [0.25, 0.3) is 5.52 Å². The summed E-state index contributed by atoms with van der Waals surface area (Å²) in [7, 11) is 0. The van der Waals surface area contributed by atoms with Crippen LogP contribution >= 0.6 is 0 Å². The molecule has 1 unspecified atom stereocenters. The fourth-order valence-electron chi connectivity index (χ4n) is 1.57. The highest BCUT2D eigenvalue weighted by Crippen LogP contribution is 2.18. The number of carboxylic acids is 1. The Morgan fingerprint density at radius 2 is 2.40 bits per heavy atom. The first-order chi connectivity index (χ1) is 7.24. The molecule has 0 saturated heterocycles. The van der Waals surface area contributed by atoms with Crippen molar-refractivity contribution < 1.29 is 9.90 Å². The molecule has 0 bridgehead atoms. The van der Waals surface area contributed by atoms with Crippen molar-refractivity contribution in [2.75, 3.05) is 0 Å². The van der Waals surface area contributed by atoms with Crippen LogP contribution in [-0.4, -0.2) is 20.5 Å². The van der Waals surface area contributed by atoms with Gasteiger partial charge in [0.15, 0.2) is 0 Å². The topological polar surface area (TPSA) is 54.6 Å². The van der Waals surface area contributed by atoms with Crippen molar-refractivity contribution in [2.24, 2.45) is 0 Å². The first kappa shape index (κ1) is 9.45. The molecule has 4 heteroatoms. The molecule has 76 valence electrons. The number of hydrogen-bond acceptors (Lipinski definition) is 2. The molecule has 0 saturated carbocycles. The van der Waals surface area contributed by atoms with Crippen molar-refractivity contribution >= 4 is 11.5 Å². The second-order valence-electron chi connectivity index (χ2n) is 3.19. The van der Waals surface area contributed by atoms with E-state index in [4.69, 9.17) is 5.11 Å². The van der Waals surface area contributed by atoms with Gasteiger partial charge in [0.05, 0.1) is 18.0 Å². The maximum Gasteiger partial charge on any atom is 0.316 e. The standard InChI is InChI=1S/C11H10N2O2/c1-2-9(11(14)15)10-5-3-4-8-6-12-7-13(8)10/h2-7,9H,1H2,(H,14,15). The van der Waals surface area contributed by atoms with Gasteiger partial charge in [-0.05, 0) is 12.1 Å². The second-order valence-corrected chi connectivity index (χ2v) is 3.19. The quantitative estimate of drug-likeness (QED) is 0.770. The summed E-state index contributed by atoms with van der Waals surface area (Å²) in [4.78, 5) is 15.0. The predicted octanol–water partition coefficient (Wildman–Crippen LogP) is 1.69. The van der Waals surface area contributed by atoms with E-state index in [0.717, 1.165) is 5.52 Å². The third kappa shape index (κ3) is 1.50. The van der Waals surface area contributed by atoms with E-state index < -0.39 is 11.9 Å². The summed E-state index contributed by atoms with van der Waals surface area (Å²) in [5, 5.41) is 9.02. The SMILES string of the molecule is C=CC(C(=O)O)c1cccc2cncn12. The number of fused-ring (bicyclic) bond motifs is 1. The third-order valence-electron chi connectivity index (χ3n) is 2.30.